The predicted octanol–water partition coefficient (Wildman–Crippen LogP) is 3.38. The van der Waals surface area contributed by atoms with Crippen LogP contribution in [0, 0.1) is 11.3 Å². The van der Waals surface area contributed by atoms with E-state index in [2.05, 4.69) is 24.3 Å². The minimum Gasteiger partial charge on any atom is -0.337 e. The van der Waals surface area contributed by atoms with Gasteiger partial charge >= 0.3 is 0 Å². The highest BCUT2D eigenvalue weighted by Crippen LogP contribution is 2.20. The van der Waals surface area contributed by atoms with Gasteiger partial charge in [-0.2, -0.15) is 5.26 Å². The molecule has 0 radical (unpaired) electrons. The maximum atomic E-state index is 12.4. The Morgan fingerprint density at radius 1 is 1.17 bits per heavy atom. The average Bonchev–Trinajstić information content (AvgIpc) is 2.61. The maximum absolute atomic E-state index is 12.4. The zero-order valence-electron chi connectivity index (χ0n) is 12.9. The summed E-state index contributed by atoms with van der Waals surface area (Å²) in [6.07, 6.45) is 0.941. The minimum absolute atomic E-state index is 0.195. The zero-order valence-corrected chi connectivity index (χ0v) is 13.7. The van der Waals surface area contributed by atoms with Gasteiger partial charge in [-0.25, -0.2) is 0 Å². The lowest BCUT2D eigenvalue weighted by Gasteiger charge is -2.28. The van der Waals surface area contributed by atoms with Crippen molar-refractivity contribution in [1.29, 1.82) is 5.26 Å². The Morgan fingerprint density at radius 2 is 2.00 bits per heavy atom. The second kappa shape index (κ2) is 7.34. The van der Waals surface area contributed by atoms with E-state index in [4.69, 9.17) is 5.26 Å². The van der Waals surface area contributed by atoms with Crippen LogP contribution >= 0.6 is 11.8 Å². The van der Waals surface area contributed by atoms with Crippen molar-refractivity contribution >= 4 is 17.7 Å². The first kappa shape index (κ1) is 15.6. The molecule has 1 aliphatic heterocycles. The summed E-state index contributed by atoms with van der Waals surface area (Å²) in [6, 6.07) is 18.0. The van der Waals surface area contributed by atoms with E-state index in [0.29, 0.717) is 11.3 Å². The lowest BCUT2D eigenvalue weighted by molar-refractivity contribution is -0.129. The molecule has 0 fully saturated rings. The molecular formula is C19H18N2OS. The van der Waals surface area contributed by atoms with Gasteiger partial charge in [0, 0.05) is 18.8 Å². The number of thioether (sulfide) groups is 1. The Hall–Kier alpha value is -2.25. The fraction of sp³-hybridized carbons (Fsp3) is 0.263. The Morgan fingerprint density at radius 3 is 2.83 bits per heavy atom. The van der Waals surface area contributed by atoms with Gasteiger partial charge in [-0.15, -0.1) is 11.8 Å². The highest BCUT2D eigenvalue weighted by molar-refractivity contribution is 7.99. The molecule has 4 heteroatoms. The number of rotatable bonds is 4. The van der Waals surface area contributed by atoms with Crippen molar-refractivity contribution in [3.8, 4) is 6.07 Å². The summed E-state index contributed by atoms with van der Waals surface area (Å²) in [5, 5.41) is 8.91. The molecule has 116 valence electrons. The van der Waals surface area contributed by atoms with Gasteiger partial charge in [-0.05, 0) is 35.2 Å². The van der Waals surface area contributed by atoms with Crippen LogP contribution in [-0.2, 0) is 23.5 Å². The number of nitriles is 1. The van der Waals surface area contributed by atoms with Crippen LogP contribution in [0.3, 0.4) is 0 Å². The normalized spacial score (nSPS) is 13.3. The monoisotopic (exact) mass is 322 g/mol. The Bertz CT molecular complexity index is 751. The molecule has 0 N–H and O–H groups in total. The van der Waals surface area contributed by atoms with E-state index in [0.717, 1.165) is 30.8 Å². The van der Waals surface area contributed by atoms with Crippen molar-refractivity contribution in [3.63, 3.8) is 0 Å². The summed E-state index contributed by atoms with van der Waals surface area (Å²) in [5.74, 6) is 1.44. The number of hydrogen-bond acceptors (Lipinski definition) is 3. The third kappa shape index (κ3) is 3.94. The second-order valence-electron chi connectivity index (χ2n) is 5.64. The van der Waals surface area contributed by atoms with Crippen LogP contribution in [0.15, 0.2) is 48.5 Å². The molecule has 0 spiro atoms. The molecule has 1 amide bonds. The van der Waals surface area contributed by atoms with Gasteiger partial charge in [0.15, 0.2) is 0 Å². The third-order valence-corrected chi connectivity index (χ3v) is 5.02. The largest absolute Gasteiger partial charge is 0.337 e. The summed E-state index contributed by atoms with van der Waals surface area (Å²) < 4.78 is 0. The van der Waals surface area contributed by atoms with Gasteiger partial charge in [-0.3, -0.25) is 4.79 Å². The molecule has 1 aliphatic rings. The first-order valence-corrected chi connectivity index (χ1v) is 8.83. The number of fused-ring (bicyclic) bond motifs is 1. The lowest BCUT2D eigenvalue weighted by atomic mass is 10.00. The fourth-order valence-electron chi connectivity index (χ4n) is 2.79. The van der Waals surface area contributed by atoms with E-state index in [1.807, 2.05) is 29.2 Å². The van der Waals surface area contributed by atoms with Crippen molar-refractivity contribution in [1.82, 2.24) is 4.90 Å². The zero-order chi connectivity index (χ0) is 16.1. The van der Waals surface area contributed by atoms with E-state index in [9.17, 15) is 4.79 Å². The molecule has 3 nitrogen and oxygen atoms in total. The Kier molecular flexibility index (Phi) is 4.99. The van der Waals surface area contributed by atoms with Crippen LogP contribution in [0.25, 0.3) is 0 Å². The first-order chi connectivity index (χ1) is 11.3. The Labute approximate surface area is 140 Å². The number of benzene rings is 2. The van der Waals surface area contributed by atoms with Crippen LogP contribution in [-0.4, -0.2) is 23.1 Å². The number of hydrogen-bond donors (Lipinski definition) is 0. The number of nitrogens with zero attached hydrogens (tertiary/aromatic N) is 2. The van der Waals surface area contributed by atoms with Crippen LogP contribution in [0.1, 0.15) is 22.3 Å². The molecule has 0 saturated carbocycles. The van der Waals surface area contributed by atoms with Crippen molar-refractivity contribution < 1.29 is 4.79 Å². The molecule has 1 heterocycles. The summed E-state index contributed by atoms with van der Waals surface area (Å²) in [4.78, 5) is 14.3. The molecule has 2 aromatic carbocycles. The standard InChI is InChI=1S/C19H18N2OS/c20-11-15-4-3-5-16(10-15)13-23-14-19(22)21-9-8-17-6-1-2-7-18(17)12-21/h1-7,10H,8-9,12-14H2. The Balaban J connectivity index is 1.51. The first-order valence-electron chi connectivity index (χ1n) is 7.67. The van der Waals surface area contributed by atoms with Gasteiger partial charge in [0.05, 0.1) is 17.4 Å². The SMILES string of the molecule is N#Cc1cccc(CSCC(=O)N2CCc3ccccc3C2)c1. The molecule has 0 saturated heterocycles. The minimum atomic E-state index is 0.195. The summed E-state index contributed by atoms with van der Waals surface area (Å²) in [5.41, 5.74) is 4.38. The smallest absolute Gasteiger partial charge is 0.232 e. The second-order valence-corrected chi connectivity index (χ2v) is 6.62. The van der Waals surface area contributed by atoms with Gasteiger partial charge in [0.25, 0.3) is 0 Å². The van der Waals surface area contributed by atoms with Crippen molar-refractivity contribution in [2.75, 3.05) is 12.3 Å². The highest BCUT2D eigenvalue weighted by Gasteiger charge is 2.19. The molecule has 0 unspecified atom stereocenters. The number of amides is 1. The molecule has 0 bridgehead atoms. The van der Waals surface area contributed by atoms with E-state index in [1.165, 1.54) is 11.1 Å². The molecule has 0 aromatic heterocycles. The summed E-state index contributed by atoms with van der Waals surface area (Å²) in [6.45, 7) is 1.53. The van der Waals surface area contributed by atoms with E-state index in [-0.39, 0.29) is 5.91 Å². The van der Waals surface area contributed by atoms with E-state index in [1.54, 1.807) is 17.8 Å². The van der Waals surface area contributed by atoms with E-state index >= 15 is 0 Å². The van der Waals surface area contributed by atoms with Crippen molar-refractivity contribution in [2.45, 2.75) is 18.7 Å². The quantitative estimate of drug-likeness (QED) is 0.867. The van der Waals surface area contributed by atoms with Crippen molar-refractivity contribution in [2.24, 2.45) is 0 Å². The van der Waals surface area contributed by atoms with Crippen LogP contribution < -0.4 is 0 Å². The van der Waals surface area contributed by atoms with Gasteiger partial charge < -0.3 is 4.90 Å². The van der Waals surface area contributed by atoms with Crippen molar-refractivity contribution in [3.05, 3.63) is 70.8 Å². The van der Waals surface area contributed by atoms with E-state index < -0.39 is 0 Å². The third-order valence-electron chi connectivity index (χ3n) is 4.03. The van der Waals surface area contributed by atoms with Gasteiger partial charge in [0.1, 0.15) is 0 Å². The fourth-order valence-corrected chi connectivity index (χ4v) is 3.66. The lowest BCUT2D eigenvalue weighted by Crippen LogP contribution is -2.37. The molecule has 23 heavy (non-hydrogen) atoms. The van der Waals surface area contributed by atoms with Crippen LogP contribution in [0.4, 0.5) is 0 Å². The predicted molar refractivity (Wildman–Crippen MR) is 92.9 cm³/mol. The van der Waals surface area contributed by atoms with Gasteiger partial charge in [0.2, 0.25) is 5.91 Å². The molecule has 0 aliphatic carbocycles. The molecule has 2 aromatic rings. The van der Waals surface area contributed by atoms with Gasteiger partial charge in [-0.1, -0.05) is 36.4 Å². The topological polar surface area (TPSA) is 44.1 Å². The average molecular weight is 322 g/mol. The number of carbonyl (C=O) groups excluding carboxylic acids is 1. The summed E-state index contributed by atoms with van der Waals surface area (Å²) in [7, 11) is 0. The molecule has 0 atom stereocenters. The van der Waals surface area contributed by atoms with Crippen LogP contribution in [0.2, 0.25) is 0 Å². The molecule has 3 rings (SSSR count). The summed E-state index contributed by atoms with van der Waals surface area (Å²) >= 11 is 1.61. The number of carbonyl (C=O) groups is 1. The maximum Gasteiger partial charge on any atom is 0.232 e. The van der Waals surface area contributed by atoms with Crippen LogP contribution in [0.5, 0.6) is 0 Å². The molecular weight excluding hydrogens is 304 g/mol. The highest BCUT2D eigenvalue weighted by atomic mass is 32.2.